The number of alkyl halides is 3. The lowest BCUT2D eigenvalue weighted by Crippen LogP contribution is -2.33. The van der Waals surface area contributed by atoms with Gasteiger partial charge in [-0.25, -0.2) is 8.42 Å². The molecule has 2 aliphatic rings. The molecule has 1 amide bonds. The van der Waals surface area contributed by atoms with E-state index in [0.29, 0.717) is 37.2 Å². The van der Waals surface area contributed by atoms with Gasteiger partial charge in [0.15, 0.2) is 9.84 Å². The number of carbonyl (C=O) groups is 1. The first kappa shape index (κ1) is 29.4. The van der Waals surface area contributed by atoms with Gasteiger partial charge < -0.3 is 10.4 Å². The molecule has 0 aromatic carbocycles. The van der Waals surface area contributed by atoms with E-state index in [-0.39, 0.29) is 35.4 Å². The monoisotopic (exact) mass is 568 g/mol. The number of nitrogens with one attached hydrogen (secondary N) is 1. The van der Waals surface area contributed by atoms with E-state index in [9.17, 15) is 31.5 Å². The van der Waals surface area contributed by atoms with Crippen molar-refractivity contribution in [2.45, 2.75) is 75.7 Å². The van der Waals surface area contributed by atoms with Crippen molar-refractivity contribution in [2.75, 3.05) is 18.9 Å². The number of pyridine rings is 2. The number of amides is 1. The van der Waals surface area contributed by atoms with Crippen LogP contribution in [0.15, 0.2) is 35.5 Å². The van der Waals surface area contributed by atoms with Gasteiger partial charge in [-0.05, 0) is 61.8 Å². The lowest BCUT2D eigenvalue weighted by atomic mass is 9.81. The summed E-state index contributed by atoms with van der Waals surface area (Å²) in [7, 11) is -3.42. The molecule has 0 spiro atoms. The quantitative estimate of drug-likeness (QED) is 0.462. The maximum atomic E-state index is 13.1. The van der Waals surface area contributed by atoms with Gasteiger partial charge in [-0.15, -0.1) is 0 Å². The van der Waals surface area contributed by atoms with Crippen molar-refractivity contribution in [1.82, 2.24) is 20.2 Å². The largest absolute Gasteiger partial charge is 0.394 e. The highest BCUT2D eigenvalue weighted by Gasteiger charge is 2.42. The smallest absolute Gasteiger partial charge is 0.391 e. The number of aromatic nitrogens is 2. The molecule has 12 heteroatoms. The molecule has 1 saturated carbocycles. The fourth-order valence-electron chi connectivity index (χ4n) is 5.62. The molecule has 214 valence electrons. The van der Waals surface area contributed by atoms with Gasteiger partial charge in [0.25, 0.3) is 5.91 Å². The van der Waals surface area contributed by atoms with Crippen molar-refractivity contribution < 1.29 is 31.5 Å². The summed E-state index contributed by atoms with van der Waals surface area (Å²) in [5, 5.41) is 12.6. The number of sulfone groups is 1. The highest BCUT2D eigenvalue weighted by molar-refractivity contribution is 7.91. The average molecular weight is 569 g/mol. The Hall–Kier alpha value is -2.57. The van der Waals surface area contributed by atoms with Crippen LogP contribution in [0.5, 0.6) is 0 Å². The fourth-order valence-corrected chi connectivity index (χ4v) is 6.45. The molecule has 0 saturated heterocycles. The third-order valence-electron chi connectivity index (χ3n) is 7.93. The van der Waals surface area contributed by atoms with E-state index < -0.39 is 40.5 Å². The number of carbonyl (C=O) groups excluding carboxylic acids is 1. The van der Waals surface area contributed by atoms with Crippen LogP contribution in [0.3, 0.4) is 0 Å². The Morgan fingerprint density at radius 2 is 1.87 bits per heavy atom. The summed E-state index contributed by atoms with van der Waals surface area (Å²) in [6.45, 7) is 4.42. The average Bonchev–Trinajstić information content (AvgIpc) is 3.27. The zero-order valence-corrected chi connectivity index (χ0v) is 22.9. The Bertz CT molecular complexity index is 1260. The summed E-state index contributed by atoms with van der Waals surface area (Å²) in [4.78, 5) is 24.1. The summed E-state index contributed by atoms with van der Waals surface area (Å²) < 4.78 is 63.2. The van der Waals surface area contributed by atoms with Gasteiger partial charge in [0.05, 0.1) is 52.2 Å². The number of aliphatic hydroxyl groups excluding tert-OH is 1. The van der Waals surface area contributed by atoms with Crippen molar-refractivity contribution in [2.24, 2.45) is 11.8 Å². The number of aliphatic hydroxyl groups is 1. The highest BCUT2D eigenvalue weighted by atomic mass is 32.2. The molecule has 4 rings (SSSR count). The number of hydrogen-bond donors (Lipinski definition) is 2. The standard InChI is InChI=1S/C27H35F3N4O4S/c1-3-24-25-19(15-34(24)14-17-5-7-20(8-6-17)27(28,29)30)11-18(12-32-25)26(36)33-23(16-35)22-10-9-21(13-31-22)39(37,38)4-2/h9-13,17,20,23-24,35H,3-8,14-16H2,1-2H3,(H,33,36)/t17?,20?,23-,24-/m0/s1. The van der Waals surface area contributed by atoms with Crippen LogP contribution >= 0.6 is 0 Å². The zero-order chi connectivity index (χ0) is 28.4. The second kappa shape index (κ2) is 11.9. The van der Waals surface area contributed by atoms with Gasteiger partial charge in [0.2, 0.25) is 0 Å². The molecular weight excluding hydrogens is 533 g/mol. The molecule has 1 fully saturated rings. The molecule has 3 heterocycles. The summed E-state index contributed by atoms with van der Waals surface area (Å²) >= 11 is 0. The molecule has 1 aliphatic heterocycles. The van der Waals surface area contributed by atoms with Gasteiger partial charge in [-0.1, -0.05) is 13.8 Å². The summed E-state index contributed by atoms with van der Waals surface area (Å²) in [5.41, 5.74) is 2.43. The van der Waals surface area contributed by atoms with E-state index in [1.807, 2.05) is 6.92 Å². The number of halogens is 3. The Morgan fingerprint density at radius 1 is 1.15 bits per heavy atom. The zero-order valence-electron chi connectivity index (χ0n) is 22.1. The van der Waals surface area contributed by atoms with Crippen LogP contribution in [0.1, 0.15) is 85.3 Å². The molecule has 0 radical (unpaired) electrons. The van der Waals surface area contributed by atoms with Crippen LogP contribution in [-0.4, -0.2) is 59.4 Å². The molecule has 2 aromatic heterocycles. The molecule has 8 nitrogen and oxygen atoms in total. The first-order valence-electron chi connectivity index (χ1n) is 13.4. The lowest BCUT2D eigenvalue weighted by Gasteiger charge is -2.33. The Kier molecular flexibility index (Phi) is 8.97. The molecule has 0 bridgehead atoms. The van der Waals surface area contributed by atoms with E-state index in [4.69, 9.17) is 0 Å². The van der Waals surface area contributed by atoms with Crippen LogP contribution in [0.2, 0.25) is 0 Å². The molecule has 39 heavy (non-hydrogen) atoms. The third kappa shape index (κ3) is 6.60. The summed E-state index contributed by atoms with van der Waals surface area (Å²) in [6, 6.07) is 3.86. The number of fused-ring (bicyclic) bond motifs is 1. The van der Waals surface area contributed by atoms with E-state index in [1.54, 1.807) is 6.07 Å². The van der Waals surface area contributed by atoms with Crippen molar-refractivity contribution in [3.63, 3.8) is 0 Å². The highest BCUT2D eigenvalue weighted by Crippen LogP contribution is 2.42. The van der Waals surface area contributed by atoms with Crippen LogP contribution in [0.4, 0.5) is 13.2 Å². The molecule has 0 unspecified atom stereocenters. The summed E-state index contributed by atoms with van der Waals surface area (Å²) in [6.07, 6.45) is 0.839. The van der Waals surface area contributed by atoms with Crippen LogP contribution in [0.25, 0.3) is 0 Å². The molecule has 2 N–H and O–H groups in total. The SMILES string of the molecule is CC[C@H]1c2ncc(C(=O)N[C@@H](CO)c3ccc(S(=O)(=O)CC)cn3)cc2CN1CC1CCC(C(F)(F)F)CC1. The van der Waals surface area contributed by atoms with E-state index >= 15 is 0 Å². The maximum absolute atomic E-state index is 13.1. The van der Waals surface area contributed by atoms with Crippen LogP contribution < -0.4 is 5.32 Å². The molecule has 2 atom stereocenters. The van der Waals surface area contributed by atoms with Gasteiger partial charge in [0.1, 0.15) is 0 Å². The summed E-state index contributed by atoms with van der Waals surface area (Å²) in [5.74, 6) is -1.51. The van der Waals surface area contributed by atoms with E-state index in [2.05, 4.69) is 20.2 Å². The van der Waals surface area contributed by atoms with Gasteiger partial charge >= 0.3 is 6.18 Å². The maximum Gasteiger partial charge on any atom is 0.391 e. The van der Waals surface area contributed by atoms with E-state index in [0.717, 1.165) is 17.7 Å². The molecule has 1 aliphatic carbocycles. The predicted molar refractivity (Wildman–Crippen MR) is 138 cm³/mol. The van der Waals surface area contributed by atoms with Gasteiger partial charge in [-0.3, -0.25) is 19.7 Å². The first-order chi connectivity index (χ1) is 18.5. The molecule has 2 aromatic rings. The van der Waals surface area contributed by atoms with E-state index in [1.165, 1.54) is 31.5 Å². The number of nitrogens with zero attached hydrogens (tertiary/aromatic N) is 3. The Morgan fingerprint density at radius 3 is 2.44 bits per heavy atom. The molecular formula is C27H35F3N4O4S. The van der Waals surface area contributed by atoms with Gasteiger partial charge in [-0.2, -0.15) is 13.2 Å². The minimum absolute atomic E-state index is 0.0461. The topological polar surface area (TPSA) is 112 Å². The second-order valence-electron chi connectivity index (χ2n) is 10.4. The fraction of sp³-hybridized carbons (Fsp3) is 0.593. The Labute approximate surface area is 227 Å². The minimum atomic E-state index is -4.12. The van der Waals surface area contributed by atoms with Crippen molar-refractivity contribution >= 4 is 15.7 Å². The van der Waals surface area contributed by atoms with Crippen LogP contribution in [0, 0.1) is 11.8 Å². The predicted octanol–water partition coefficient (Wildman–Crippen LogP) is 4.37. The first-order valence-corrected chi connectivity index (χ1v) is 15.0. The van der Waals surface area contributed by atoms with Crippen molar-refractivity contribution in [3.05, 3.63) is 53.1 Å². The minimum Gasteiger partial charge on any atom is -0.394 e. The second-order valence-corrected chi connectivity index (χ2v) is 12.7. The normalized spacial score (nSPS) is 22.9. The van der Waals surface area contributed by atoms with Gasteiger partial charge in [0, 0.05) is 25.5 Å². The third-order valence-corrected chi connectivity index (χ3v) is 9.65. The number of rotatable bonds is 9. The Balaban J connectivity index is 1.41. The van der Waals surface area contributed by atoms with Crippen molar-refractivity contribution in [3.8, 4) is 0 Å². The van der Waals surface area contributed by atoms with Crippen LogP contribution in [-0.2, 0) is 16.4 Å². The lowest BCUT2D eigenvalue weighted by molar-refractivity contribution is -0.184. The number of hydrogen-bond acceptors (Lipinski definition) is 7. The van der Waals surface area contributed by atoms with Crippen molar-refractivity contribution in [1.29, 1.82) is 0 Å².